The van der Waals surface area contributed by atoms with Gasteiger partial charge in [0, 0.05) is 38.5 Å². The van der Waals surface area contributed by atoms with Gasteiger partial charge >= 0.3 is 12.1 Å². The molecule has 3 aliphatic rings. The maximum absolute atomic E-state index is 14.4. The fourth-order valence-electron chi connectivity index (χ4n) is 7.42. The topological polar surface area (TPSA) is 71.1 Å². The molecule has 3 saturated heterocycles. The van der Waals surface area contributed by atoms with Gasteiger partial charge in [-0.1, -0.05) is 80.4 Å². The Labute approximate surface area is 238 Å². The molecule has 40 heavy (non-hydrogen) atoms. The summed E-state index contributed by atoms with van der Waals surface area (Å²) in [5, 5.41) is 0. The number of quaternary nitrogens is 1. The Hall–Kier alpha value is -2.90. The number of nitrogens with zero attached hydrogens (tertiary/aromatic N) is 1. The number of hydrogen-bond acceptors (Lipinski definition) is 6. The molecule has 2 bridgehead atoms. The van der Waals surface area contributed by atoms with Gasteiger partial charge in [-0.15, -0.1) is 0 Å². The zero-order chi connectivity index (χ0) is 28.0. The highest BCUT2D eigenvalue weighted by molar-refractivity contribution is 5.86. The van der Waals surface area contributed by atoms with E-state index in [4.69, 9.17) is 18.9 Å². The minimum Gasteiger partial charge on any atom is -0.459 e. The largest absolute Gasteiger partial charge is 0.510 e. The molecule has 0 aromatic heterocycles. The van der Waals surface area contributed by atoms with Gasteiger partial charge in [0.1, 0.15) is 6.10 Å². The Morgan fingerprint density at radius 2 is 1.48 bits per heavy atom. The van der Waals surface area contributed by atoms with Crippen LogP contribution in [0.4, 0.5) is 4.79 Å². The fraction of sp³-hybridized carbons (Fsp3) is 0.576. The van der Waals surface area contributed by atoms with Crippen LogP contribution in [0.2, 0.25) is 0 Å². The molecule has 2 aromatic rings. The molecule has 3 heterocycles. The van der Waals surface area contributed by atoms with E-state index in [0.717, 1.165) is 32.1 Å². The summed E-state index contributed by atoms with van der Waals surface area (Å²) in [5.41, 5.74) is -0.361. The van der Waals surface area contributed by atoms with E-state index in [0.29, 0.717) is 23.2 Å². The van der Waals surface area contributed by atoms with Crippen molar-refractivity contribution < 1.29 is 33.0 Å². The number of hydrogen-bond donors (Lipinski definition) is 0. The van der Waals surface area contributed by atoms with Crippen molar-refractivity contribution in [2.45, 2.75) is 102 Å². The molecule has 0 N–H and O–H groups in total. The summed E-state index contributed by atoms with van der Waals surface area (Å²) in [5.74, 6) is -0.476. The molecule has 216 valence electrons. The molecule has 3 unspecified atom stereocenters. The molecular weight excluding hydrogens is 506 g/mol. The first kappa shape index (κ1) is 28.6. The SMILES string of the molecule is CCCCCOC(=O)OC(C)OC(C(=O)OC1CC2CCC(C1)[N+]21CCCC1)(c1ccccc1)c1ccccc1. The van der Waals surface area contributed by atoms with Gasteiger partial charge in [0.15, 0.2) is 0 Å². The lowest BCUT2D eigenvalue weighted by molar-refractivity contribution is -0.956. The molecule has 3 fully saturated rings. The predicted molar refractivity (Wildman–Crippen MR) is 151 cm³/mol. The Morgan fingerprint density at radius 3 is 2.02 bits per heavy atom. The minimum absolute atomic E-state index is 0.162. The Kier molecular flexibility index (Phi) is 9.11. The maximum Gasteiger partial charge on any atom is 0.510 e. The van der Waals surface area contributed by atoms with Crippen molar-refractivity contribution in [2.24, 2.45) is 0 Å². The van der Waals surface area contributed by atoms with Crippen LogP contribution in [-0.2, 0) is 29.3 Å². The van der Waals surface area contributed by atoms with Crippen LogP contribution in [0.25, 0.3) is 0 Å². The molecule has 0 radical (unpaired) electrons. The normalized spacial score (nSPS) is 24.0. The summed E-state index contributed by atoms with van der Waals surface area (Å²) in [6.45, 7) is 6.52. The number of ether oxygens (including phenoxy) is 4. The van der Waals surface area contributed by atoms with Crippen molar-refractivity contribution in [1.29, 1.82) is 0 Å². The second kappa shape index (κ2) is 12.7. The van der Waals surface area contributed by atoms with E-state index in [1.807, 2.05) is 60.7 Å². The highest BCUT2D eigenvalue weighted by Crippen LogP contribution is 2.47. The lowest BCUT2D eigenvalue weighted by Gasteiger charge is -2.47. The first-order valence-electron chi connectivity index (χ1n) is 15.2. The molecule has 3 aliphatic heterocycles. The van der Waals surface area contributed by atoms with Crippen molar-refractivity contribution in [2.75, 3.05) is 19.7 Å². The third-order valence-corrected chi connectivity index (χ3v) is 9.25. The van der Waals surface area contributed by atoms with Gasteiger partial charge in [-0.3, -0.25) is 0 Å². The van der Waals surface area contributed by atoms with Gasteiger partial charge in [0.05, 0.1) is 31.8 Å². The van der Waals surface area contributed by atoms with Crippen LogP contribution in [0.15, 0.2) is 60.7 Å². The molecule has 0 amide bonds. The number of esters is 1. The number of benzene rings is 2. The van der Waals surface area contributed by atoms with Crippen LogP contribution >= 0.6 is 0 Å². The van der Waals surface area contributed by atoms with Crippen LogP contribution in [0, 0.1) is 0 Å². The second-order valence-corrected chi connectivity index (χ2v) is 11.7. The van der Waals surface area contributed by atoms with Crippen molar-refractivity contribution in [3.63, 3.8) is 0 Å². The second-order valence-electron chi connectivity index (χ2n) is 11.7. The van der Waals surface area contributed by atoms with Crippen molar-refractivity contribution in [1.82, 2.24) is 0 Å². The van der Waals surface area contributed by atoms with E-state index in [1.54, 1.807) is 6.92 Å². The standard InChI is InChI=1S/C33H44NO6/c1-3-4-13-22-37-32(36)38-25(2)40-33(26-14-7-5-8-15-26,27-16-9-6-10-17-27)31(35)39-30-23-28-18-19-29(24-30)34(28)20-11-12-21-34/h5-10,14-17,25,28-30H,3-4,11-13,18-24H2,1-2H3/q+1. The highest BCUT2D eigenvalue weighted by atomic mass is 16.8. The van der Waals surface area contributed by atoms with E-state index in [-0.39, 0.29) is 12.7 Å². The van der Waals surface area contributed by atoms with Crippen LogP contribution in [-0.4, -0.2) is 60.8 Å². The smallest absolute Gasteiger partial charge is 0.459 e. The molecule has 7 nitrogen and oxygen atoms in total. The Morgan fingerprint density at radius 1 is 0.900 bits per heavy atom. The zero-order valence-corrected chi connectivity index (χ0v) is 24.0. The average Bonchev–Trinajstić information content (AvgIpc) is 3.51. The van der Waals surface area contributed by atoms with Crippen LogP contribution in [0.1, 0.15) is 82.8 Å². The number of carbonyl (C=O) groups is 2. The number of unbranched alkanes of at least 4 members (excludes halogenated alkanes) is 2. The van der Waals surface area contributed by atoms with Gasteiger partial charge in [0.2, 0.25) is 11.9 Å². The lowest BCUT2D eigenvalue weighted by Crippen LogP contribution is -2.60. The summed E-state index contributed by atoms with van der Waals surface area (Å²) >= 11 is 0. The van der Waals surface area contributed by atoms with Gasteiger partial charge in [-0.2, -0.15) is 0 Å². The molecule has 0 saturated carbocycles. The molecule has 5 rings (SSSR count). The van der Waals surface area contributed by atoms with Crippen LogP contribution in [0.3, 0.4) is 0 Å². The van der Waals surface area contributed by atoms with E-state index in [2.05, 4.69) is 6.92 Å². The molecule has 3 atom stereocenters. The summed E-state index contributed by atoms with van der Waals surface area (Å²) < 4.78 is 24.8. The van der Waals surface area contributed by atoms with Gasteiger partial charge in [-0.05, 0) is 24.5 Å². The highest BCUT2D eigenvalue weighted by Gasteiger charge is 2.57. The lowest BCUT2D eigenvalue weighted by atomic mass is 9.85. The summed E-state index contributed by atoms with van der Waals surface area (Å²) in [7, 11) is 0. The molecule has 1 spiro atoms. The molecule has 7 heteroatoms. The average molecular weight is 551 g/mol. The number of rotatable bonds is 11. The number of piperidine rings is 1. The molecule has 0 aliphatic carbocycles. The van der Waals surface area contributed by atoms with E-state index < -0.39 is 24.0 Å². The third kappa shape index (κ3) is 5.77. The fourth-order valence-corrected chi connectivity index (χ4v) is 7.42. The van der Waals surface area contributed by atoms with Gasteiger partial charge < -0.3 is 23.4 Å². The maximum atomic E-state index is 14.4. The van der Waals surface area contributed by atoms with Crippen LogP contribution < -0.4 is 0 Å². The van der Waals surface area contributed by atoms with Crippen molar-refractivity contribution in [3.05, 3.63) is 71.8 Å². The predicted octanol–water partition coefficient (Wildman–Crippen LogP) is 6.48. The third-order valence-electron chi connectivity index (χ3n) is 9.25. The van der Waals surface area contributed by atoms with Crippen molar-refractivity contribution in [3.8, 4) is 0 Å². The summed E-state index contributed by atoms with van der Waals surface area (Å²) in [6, 6.07) is 19.9. The van der Waals surface area contributed by atoms with Gasteiger partial charge in [0.25, 0.3) is 0 Å². The quantitative estimate of drug-likeness (QED) is 0.138. The zero-order valence-electron chi connectivity index (χ0n) is 24.0. The Balaban J connectivity index is 1.39. The van der Waals surface area contributed by atoms with E-state index in [9.17, 15) is 9.59 Å². The first-order valence-corrected chi connectivity index (χ1v) is 15.2. The number of carbonyl (C=O) groups excluding carboxylic acids is 2. The van der Waals surface area contributed by atoms with E-state index in [1.165, 1.54) is 43.3 Å². The van der Waals surface area contributed by atoms with Crippen molar-refractivity contribution >= 4 is 12.1 Å². The summed E-state index contributed by atoms with van der Waals surface area (Å²) in [6.07, 6.45) is 7.53. The molecular formula is C33H44NO6+. The minimum atomic E-state index is -1.61. The van der Waals surface area contributed by atoms with Crippen LogP contribution in [0.5, 0.6) is 0 Å². The molecule has 2 aromatic carbocycles. The Bertz CT molecular complexity index is 1060. The summed E-state index contributed by atoms with van der Waals surface area (Å²) in [4.78, 5) is 26.8. The monoisotopic (exact) mass is 550 g/mol. The van der Waals surface area contributed by atoms with E-state index >= 15 is 0 Å². The van der Waals surface area contributed by atoms with Gasteiger partial charge in [-0.25, -0.2) is 9.59 Å². The first-order chi connectivity index (χ1) is 19.5.